The molecular formula is C7H6N2O4. The van der Waals surface area contributed by atoms with E-state index in [4.69, 9.17) is 14.9 Å². The number of hydrogen-bond acceptors (Lipinski definition) is 5. The van der Waals surface area contributed by atoms with E-state index in [1.54, 1.807) is 0 Å². The van der Waals surface area contributed by atoms with E-state index in [2.05, 4.69) is 9.97 Å². The highest BCUT2D eigenvalue weighted by Gasteiger charge is 2.40. The van der Waals surface area contributed by atoms with Gasteiger partial charge in [-0.15, -0.1) is 0 Å². The van der Waals surface area contributed by atoms with Gasteiger partial charge >= 0.3 is 5.97 Å². The second kappa shape index (κ2) is 2.75. The van der Waals surface area contributed by atoms with Crippen molar-refractivity contribution in [3.8, 4) is 0 Å². The molecule has 0 amide bonds. The van der Waals surface area contributed by atoms with Gasteiger partial charge in [-0.25, -0.2) is 14.8 Å². The molecule has 0 saturated carbocycles. The summed E-state index contributed by atoms with van der Waals surface area (Å²) in [5, 5.41) is 17.5. The highest BCUT2D eigenvalue weighted by Crippen LogP contribution is 2.35. The largest absolute Gasteiger partial charge is 0.477 e. The fraction of sp³-hybridized carbons (Fsp3) is 0.286. The lowest BCUT2D eigenvalue weighted by Gasteiger charge is -1.95. The SMILES string of the molecule is O=C(O)c1cc(C2OC2O)ncn1. The number of carboxylic acids is 1. The molecule has 2 unspecified atom stereocenters. The standard InChI is InChI=1S/C7H6N2O4/c10-6(11)4-1-3(8-2-9-4)5-7(12)13-5/h1-2,5,7,12H,(H,10,11). The van der Waals surface area contributed by atoms with Crippen LogP contribution in [0.5, 0.6) is 0 Å². The van der Waals surface area contributed by atoms with Crippen LogP contribution in [-0.2, 0) is 4.74 Å². The molecule has 2 heterocycles. The van der Waals surface area contributed by atoms with Gasteiger partial charge in [0.25, 0.3) is 0 Å². The van der Waals surface area contributed by atoms with E-state index >= 15 is 0 Å². The Balaban J connectivity index is 2.28. The number of aromatic nitrogens is 2. The van der Waals surface area contributed by atoms with Crippen molar-refractivity contribution >= 4 is 5.97 Å². The number of rotatable bonds is 2. The van der Waals surface area contributed by atoms with Crippen molar-refractivity contribution < 1.29 is 19.7 Å². The summed E-state index contributed by atoms with van der Waals surface area (Å²) in [5.41, 5.74) is 0.285. The third-order valence-corrected chi connectivity index (χ3v) is 1.67. The molecule has 0 aliphatic carbocycles. The maximum atomic E-state index is 10.5. The van der Waals surface area contributed by atoms with Crippen LogP contribution in [0, 0.1) is 0 Å². The van der Waals surface area contributed by atoms with E-state index in [-0.39, 0.29) is 5.69 Å². The third-order valence-electron chi connectivity index (χ3n) is 1.67. The van der Waals surface area contributed by atoms with Crippen molar-refractivity contribution in [2.45, 2.75) is 12.4 Å². The highest BCUT2D eigenvalue weighted by molar-refractivity contribution is 5.85. The first kappa shape index (κ1) is 8.09. The molecule has 0 bridgehead atoms. The van der Waals surface area contributed by atoms with Gasteiger partial charge in [0.15, 0.2) is 18.1 Å². The average molecular weight is 182 g/mol. The number of carbonyl (C=O) groups is 1. The van der Waals surface area contributed by atoms with E-state index < -0.39 is 18.4 Å². The number of nitrogens with zero attached hydrogens (tertiary/aromatic N) is 2. The normalized spacial score (nSPS) is 25.6. The summed E-state index contributed by atoms with van der Waals surface area (Å²) >= 11 is 0. The van der Waals surface area contributed by atoms with E-state index in [1.807, 2.05) is 0 Å². The molecule has 6 heteroatoms. The molecule has 1 aliphatic heterocycles. The summed E-state index contributed by atoms with van der Waals surface area (Å²) in [5.74, 6) is -1.13. The van der Waals surface area contributed by atoms with Crippen LogP contribution in [0.1, 0.15) is 22.3 Å². The summed E-state index contributed by atoms with van der Waals surface area (Å²) < 4.78 is 4.71. The molecule has 6 nitrogen and oxygen atoms in total. The predicted octanol–water partition coefficient (Wildman–Crippen LogP) is -0.435. The summed E-state index contributed by atoms with van der Waals surface area (Å²) in [6, 6.07) is 1.28. The van der Waals surface area contributed by atoms with Crippen molar-refractivity contribution in [2.24, 2.45) is 0 Å². The second-order valence-corrected chi connectivity index (χ2v) is 2.58. The van der Waals surface area contributed by atoms with Crippen molar-refractivity contribution in [3.05, 3.63) is 23.8 Å². The Kier molecular flexibility index (Phi) is 1.71. The number of epoxide rings is 1. The molecule has 1 aromatic rings. The Hall–Kier alpha value is -1.53. The van der Waals surface area contributed by atoms with Gasteiger partial charge in [-0.1, -0.05) is 0 Å². The van der Waals surface area contributed by atoms with Gasteiger partial charge in [0.05, 0.1) is 5.69 Å². The lowest BCUT2D eigenvalue weighted by Crippen LogP contribution is -2.03. The molecule has 0 radical (unpaired) electrons. The van der Waals surface area contributed by atoms with Crippen molar-refractivity contribution in [1.29, 1.82) is 0 Å². The van der Waals surface area contributed by atoms with Gasteiger partial charge in [-0.2, -0.15) is 0 Å². The molecule has 1 aromatic heterocycles. The van der Waals surface area contributed by atoms with Crippen LogP contribution in [0.15, 0.2) is 12.4 Å². The van der Waals surface area contributed by atoms with Crippen LogP contribution in [0.2, 0.25) is 0 Å². The van der Waals surface area contributed by atoms with Crippen LogP contribution in [0.25, 0.3) is 0 Å². The zero-order chi connectivity index (χ0) is 9.42. The fourth-order valence-corrected chi connectivity index (χ4v) is 0.966. The fourth-order valence-electron chi connectivity index (χ4n) is 0.966. The highest BCUT2D eigenvalue weighted by atomic mass is 16.7. The number of carboxylic acid groups (broad SMARTS) is 1. The molecule has 1 aliphatic rings. The number of aliphatic hydroxyl groups excluding tert-OH is 1. The van der Waals surface area contributed by atoms with Gasteiger partial charge in [0, 0.05) is 0 Å². The molecule has 1 fully saturated rings. The van der Waals surface area contributed by atoms with Crippen molar-refractivity contribution in [1.82, 2.24) is 9.97 Å². The molecule has 13 heavy (non-hydrogen) atoms. The molecule has 68 valence electrons. The van der Waals surface area contributed by atoms with Gasteiger partial charge in [0.1, 0.15) is 6.33 Å². The Bertz CT molecular complexity index is 354. The average Bonchev–Trinajstić information content (AvgIpc) is 2.83. The molecule has 2 N–H and O–H groups in total. The number of ether oxygens (including phenoxy) is 1. The first-order chi connectivity index (χ1) is 6.18. The Morgan fingerprint density at radius 2 is 2.23 bits per heavy atom. The minimum Gasteiger partial charge on any atom is -0.477 e. The number of aromatic carboxylic acids is 1. The lowest BCUT2D eigenvalue weighted by atomic mass is 10.2. The first-order valence-corrected chi connectivity index (χ1v) is 3.57. The third kappa shape index (κ3) is 1.49. The lowest BCUT2D eigenvalue weighted by molar-refractivity contribution is 0.0690. The topological polar surface area (TPSA) is 95.8 Å². The smallest absolute Gasteiger partial charge is 0.354 e. The monoisotopic (exact) mass is 182 g/mol. The number of aliphatic hydroxyl groups is 1. The van der Waals surface area contributed by atoms with Crippen LogP contribution < -0.4 is 0 Å². The minimum atomic E-state index is -1.13. The summed E-state index contributed by atoms with van der Waals surface area (Å²) in [6.07, 6.45) is -0.231. The predicted molar refractivity (Wildman–Crippen MR) is 38.8 cm³/mol. The molecule has 0 aromatic carbocycles. The molecule has 2 atom stereocenters. The van der Waals surface area contributed by atoms with Crippen LogP contribution in [0.4, 0.5) is 0 Å². The van der Waals surface area contributed by atoms with E-state index in [9.17, 15) is 4.79 Å². The van der Waals surface area contributed by atoms with Crippen LogP contribution in [0.3, 0.4) is 0 Å². The maximum Gasteiger partial charge on any atom is 0.354 e. The quantitative estimate of drug-likeness (QED) is 0.602. The van der Waals surface area contributed by atoms with Gasteiger partial charge < -0.3 is 14.9 Å². The number of hydrogen-bond donors (Lipinski definition) is 2. The molecule has 2 rings (SSSR count). The van der Waals surface area contributed by atoms with E-state index in [0.29, 0.717) is 5.69 Å². The van der Waals surface area contributed by atoms with E-state index in [0.717, 1.165) is 6.33 Å². The zero-order valence-electron chi connectivity index (χ0n) is 6.41. The van der Waals surface area contributed by atoms with Gasteiger partial charge in [-0.05, 0) is 6.07 Å². The second-order valence-electron chi connectivity index (χ2n) is 2.58. The summed E-state index contributed by atoms with van der Waals surface area (Å²) in [7, 11) is 0. The van der Waals surface area contributed by atoms with Crippen molar-refractivity contribution in [2.75, 3.05) is 0 Å². The van der Waals surface area contributed by atoms with Crippen LogP contribution >= 0.6 is 0 Å². The molecule has 1 saturated heterocycles. The molecule has 0 spiro atoms. The Morgan fingerprint density at radius 3 is 2.77 bits per heavy atom. The molecular weight excluding hydrogens is 176 g/mol. The summed E-state index contributed by atoms with van der Waals surface area (Å²) in [6.45, 7) is 0. The zero-order valence-corrected chi connectivity index (χ0v) is 6.41. The van der Waals surface area contributed by atoms with Gasteiger partial charge in [-0.3, -0.25) is 0 Å². The maximum absolute atomic E-state index is 10.5. The minimum absolute atomic E-state index is 0.104. The Morgan fingerprint density at radius 1 is 1.54 bits per heavy atom. The summed E-state index contributed by atoms with van der Waals surface area (Å²) in [4.78, 5) is 17.8. The van der Waals surface area contributed by atoms with Crippen LogP contribution in [-0.4, -0.2) is 32.4 Å². The Labute approximate surface area is 72.8 Å². The van der Waals surface area contributed by atoms with Crippen molar-refractivity contribution in [3.63, 3.8) is 0 Å². The first-order valence-electron chi connectivity index (χ1n) is 3.57. The van der Waals surface area contributed by atoms with Gasteiger partial charge in [0.2, 0.25) is 0 Å². The van der Waals surface area contributed by atoms with E-state index in [1.165, 1.54) is 6.07 Å².